The van der Waals surface area contributed by atoms with E-state index in [1.807, 2.05) is 17.0 Å². The Bertz CT molecular complexity index is 1070. The molecule has 150 valence electrons. The van der Waals surface area contributed by atoms with E-state index >= 15 is 0 Å². The van der Waals surface area contributed by atoms with Crippen LogP contribution in [-0.2, 0) is 0 Å². The molecular formula is C20H28FN7. The van der Waals surface area contributed by atoms with E-state index in [-0.39, 0.29) is 27.6 Å². The molecule has 0 saturated carbocycles. The maximum absolute atomic E-state index is 14.8. The Morgan fingerprint density at radius 3 is 3.04 bits per heavy atom. The van der Waals surface area contributed by atoms with Crippen LogP contribution in [0.25, 0.3) is 22.4 Å². The molecule has 1 aliphatic heterocycles. The fourth-order valence-corrected chi connectivity index (χ4v) is 3.85. The highest BCUT2D eigenvalue weighted by molar-refractivity contribution is 5.91. The first-order valence-electron chi connectivity index (χ1n) is 9.40. The molecule has 28 heavy (non-hydrogen) atoms. The molecule has 0 bridgehead atoms. The maximum Gasteiger partial charge on any atom is 0.181 e. The van der Waals surface area contributed by atoms with Crippen LogP contribution in [0.2, 0.25) is 0 Å². The van der Waals surface area contributed by atoms with Crippen molar-refractivity contribution in [1.82, 2.24) is 20.2 Å². The van der Waals surface area contributed by atoms with E-state index in [2.05, 4.69) is 34.0 Å². The van der Waals surface area contributed by atoms with Crippen LogP contribution in [0.15, 0.2) is 24.4 Å². The summed E-state index contributed by atoms with van der Waals surface area (Å²) in [6.07, 6.45) is 2.54. The Morgan fingerprint density at radius 1 is 1.46 bits per heavy atom. The molecule has 2 atom stereocenters. The predicted molar refractivity (Wildman–Crippen MR) is 111 cm³/mol. The van der Waals surface area contributed by atoms with Crippen molar-refractivity contribution in [3.63, 3.8) is 0 Å². The van der Waals surface area contributed by atoms with Gasteiger partial charge in [0.1, 0.15) is 11.8 Å². The second kappa shape index (κ2) is 7.17. The lowest BCUT2D eigenvalue weighted by molar-refractivity contribution is 0.365. The SMILES string of the molecule is CC(C)C(N)[C@H]1CCN(c2nc(-c3[nH]nc4ncccc34)c(C#N)cc2F)C1.[HH].[HH].[HH]. The molecule has 7 nitrogen and oxygen atoms in total. The molecule has 0 radical (unpaired) electrons. The minimum Gasteiger partial charge on any atom is -0.354 e. The number of nitriles is 1. The monoisotopic (exact) mass is 385 g/mol. The number of nitrogens with two attached hydrogens (primary N) is 1. The van der Waals surface area contributed by atoms with Crippen molar-refractivity contribution in [3.05, 3.63) is 35.8 Å². The lowest BCUT2D eigenvalue weighted by Crippen LogP contribution is -2.37. The summed E-state index contributed by atoms with van der Waals surface area (Å²) >= 11 is 0. The molecule has 3 N–H and O–H groups in total. The summed E-state index contributed by atoms with van der Waals surface area (Å²) in [5.41, 5.74) is 7.94. The number of rotatable bonds is 4. The van der Waals surface area contributed by atoms with Crippen molar-refractivity contribution in [3.8, 4) is 17.5 Å². The fraction of sp³-hybridized carbons (Fsp3) is 0.400. The summed E-state index contributed by atoms with van der Waals surface area (Å²) in [4.78, 5) is 10.7. The van der Waals surface area contributed by atoms with Gasteiger partial charge in [-0.3, -0.25) is 5.10 Å². The van der Waals surface area contributed by atoms with Gasteiger partial charge in [0.05, 0.1) is 11.3 Å². The quantitative estimate of drug-likeness (QED) is 0.711. The van der Waals surface area contributed by atoms with Crippen LogP contribution in [-0.4, -0.2) is 39.3 Å². The van der Waals surface area contributed by atoms with Gasteiger partial charge >= 0.3 is 0 Å². The number of aromatic nitrogens is 4. The van der Waals surface area contributed by atoms with Crippen molar-refractivity contribution in [2.45, 2.75) is 26.3 Å². The number of aromatic amines is 1. The number of halogens is 1. The van der Waals surface area contributed by atoms with E-state index in [1.165, 1.54) is 6.07 Å². The lowest BCUT2D eigenvalue weighted by atomic mass is 9.91. The highest BCUT2D eigenvalue weighted by atomic mass is 19.1. The topological polar surface area (TPSA) is 108 Å². The zero-order valence-corrected chi connectivity index (χ0v) is 15.9. The normalized spacial score (nSPS) is 18.0. The molecule has 0 aromatic carbocycles. The smallest absolute Gasteiger partial charge is 0.181 e. The van der Waals surface area contributed by atoms with E-state index in [1.54, 1.807) is 12.3 Å². The predicted octanol–water partition coefficient (Wildman–Crippen LogP) is 3.58. The summed E-state index contributed by atoms with van der Waals surface area (Å²) in [7, 11) is 0. The highest BCUT2D eigenvalue weighted by Crippen LogP contribution is 2.33. The molecule has 4 rings (SSSR count). The summed E-state index contributed by atoms with van der Waals surface area (Å²) in [5, 5.41) is 17.3. The molecule has 4 heterocycles. The molecule has 0 aliphatic carbocycles. The maximum atomic E-state index is 14.8. The highest BCUT2D eigenvalue weighted by Gasteiger charge is 2.31. The van der Waals surface area contributed by atoms with Gasteiger partial charge in [-0.15, -0.1) is 0 Å². The van der Waals surface area contributed by atoms with Crippen LogP contribution in [0, 0.1) is 29.0 Å². The van der Waals surface area contributed by atoms with Gasteiger partial charge in [-0.25, -0.2) is 14.4 Å². The molecular weight excluding hydrogens is 357 g/mol. The number of nitrogens with one attached hydrogen (secondary N) is 1. The Balaban J connectivity index is 0.00000160. The molecule has 3 aromatic heterocycles. The zero-order chi connectivity index (χ0) is 19.8. The largest absolute Gasteiger partial charge is 0.354 e. The number of hydrogen-bond acceptors (Lipinski definition) is 6. The number of H-pyrrole nitrogens is 1. The van der Waals surface area contributed by atoms with Crippen molar-refractivity contribution in [2.75, 3.05) is 18.0 Å². The molecule has 3 aromatic rings. The Morgan fingerprint density at radius 2 is 2.29 bits per heavy atom. The summed E-state index contributed by atoms with van der Waals surface area (Å²) in [6.45, 7) is 5.54. The Kier molecular flexibility index (Phi) is 4.69. The first-order chi connectivity index (χ1) is 13.5. The second-order valence-corrected chi connectivity index (χ2v) is 7.59. The van der Waals surface area contributed by atoms with Crippen molar-refractivity contribution >= 4 is 16.9 Å². The Labute approximate surface area is 166 Å². The zero-order valence-electron chi connectivity index (χ0n) is 15.9. The van der Waals surface area contributed by atoms with Crippen LogP contribution in [0.4, 0.5) is 10.2 Å². The third-order valence-electron chi connectivity index (χ3n) is 5.48. The molecule has 8 heteroatoms. The number of anilines is 1. The number of pyridine rings is 2. The van der Waals surface area contributed by atoms with Gasteiger partial charge in [0.2, 0.25) is 0 Å². The third-order valence-corrected chi connectivity index (χ3v) is 5.48. The van der Waals surface area contributed by atoms with Crippen molar-refractivity contribution in [1.29, 1.82) is 5.26 Å². The van der Waals surface area contributed by atoms with Gasteiger partial charge in [-0.1, -0.05) is 13.8 Å². The summed E-state index contributed by atoms with van der Waals surface area (Å²) in [5.74, 6) is 0.403. The first kappa shape index (κ1) is 18.3. The Hall–Kier alpha value is -3.05. The fourth-order valence-electron chi connectivity index (χ4n) is 3.85. The number of fused-ring (bicyclic) bond motifs is 1. The number of nitrogens with zero attached hydrogens (tertiary/aromatic N) is 5. The average Bonchev–Trinajstić information content (AvgIpc) is 3.34. The third kappa shape index (κ3) is 3.08. The minimum atomic E-state index is -0.499. The standard InChI is InChI=1S/C20H22FN7.3H2/c1-11(2)16(23)12-5-7-28(10-12)20-15(21)8-13(9-22)17(25-20)18-14-4-3-6-24-19(14)27-26-18;;;/h3-4,6,8,11-12,16H,5,7,10,23H2,1-2H3,(H,24,26,27);3*1H/t12-,16?;;;/m0.../s1. The van der Waals surface area contributed by atoms with Gasteiger partial charge in [0.15, 0.2) is 17.3 Å². The van der Waals surface area contributed by atoms with Crippen LogP contribution in [0.1, 0.15) is 30.1 Å². The van der Waals surface area contributed by atoms with E-state index in [0.717, 1.165) is 11.8 Å². The molecule has 1 fully saturated rings. The molecule has 1 saturated heterocycles. The molecule has 0 amide bonds. The summed E-state index contributed by atoms with van der Waals surface area (Å²) in [6, 6.07) is 6.99. The van der Waals surface area contributed by atoms with E-state index in [4.69, 9.17) is 5.73 Å². The lowest BCUT2D eigenvalue weighted by Gasteiger charge is -2.24. The molecule has 0 spiro atoms. The van der Waals surface area contributed by atoms with Gasteiger partial charge in [-0.2, -0.15) is 10.4 Å². The average molecular weight is 385 g/mol. The van der Waals surface area contributed by atoms with E-state index in [9.17, 15) is 9.65 Å². The van der Waals surface area contributed by atoms with E-state index in [0.29, 0.717) is 36.0 Å². The van der Waals surface area contributed by atoms with Crippen LogP contribution in [0.3, 0.4) is 0 Å². The van der Waals surface area contributed by atoms with Gasteiger partial charge in [-0.05, 0) is 36.5 Å². The van der Waals surface area contributed by atoms with Crippen LogP contribution >= 0.6 is 0 Å². The van der Waals surface area contributed by atoms with Crippen molar-refractivity contribution in [2.24, 2.45) is 17.6 Å². The van der Waals surface area contributed by atoms with E-state index < -0.39 is 5.82 Å². The van der Waals surface area contributed by atoms with Gasteiger partial charge in [0.25, 0.3) is 0 Å². The van der Waals surface area contributed by atoms with Crippen LogP contribution < -0.4 is 10.6 Å². The van der Waals surface area contributed by atoms with Crippen molar-refractivity contribution < 1.29 is 8.67 Å². The minimum absolute atomic E-state index is 0. The molecule has 1 unspecified atom stereocenters. The molecule has 1 aliphatic rings. The second-order valence-electron chi connectivity index (χ2n) is 7.59. The number of hydrogen-bond donors (Lipinski definition) is 2. The van der Waals surface area contributed by atoms with Crippen LogP contribution in [0.5, 0.6) is 0 Å². The van der Waals surface area contributed by atoms with Gasteiger partial charge in [0, 0.05) is 35.0 Å². The summed E-state index contributed by atoms with van der Waals surface area (Å²) < 4.78 is 14.8. The van der Waals surface area contributed by atoms with Gasteiger partial charge < -0.3 is 10.6 Å². The first-order valence-corrected chi connectivity index (χ1v) is 9.40.